The fraction of sp³-hybridized carbons (Fsp3) is 0.778. The van der Waals surface area contributed by atoms with Gasteiger partial charge in [-0.1, -0.05) is 0 Å². The van der Waals surface area contributed by atoms with E-state index < -0.39 is 22.0 Å². The molecule has 9 heteroatoms. The molecule has 0 saturated heterocycles. The van der Waals surface area contributed by atoms with E-state index in [2.05, 4.69) is 5.32 Å². The van der Waals surface area contributed by atoms with Crippen LogP contribution in [0.3, 0.4) is 0 Å². The SMILES string of the molecule is CCN(CCC(=O)O)C(=O)NCCCS(N)(=O)=O. The molecular formula is C9H19N3O5S. The van der Waals surface area contributed by atoms with Crippen LogP contribution in [0.15, 0.2) is 0 Å². The van der Waals surface area contributed by atoms with Crippen molar-refractivity contribution in [3.63, 3.8) is 0 Å². The summed E-state index contributed by atoms with van der Waals surface area (Å²) in [5.74, 6) is -1.18. The Balaban J connectivity index is 3.94. The Morgan fingerprint density at radius 1 is 1.39 bits per heavy atom. The van der Waals surface area contributed by atoms with Gasteiger partial charge in [-0.05, 0) is 13.3 Å². The second-order valence-corrected chi connectivity index (χ2v) is 5.41. The molecule has 0 fully saturated rings. The number of carboxylic acids is 1. The van der Waals surface area contributed by atoms with E-state index in [0.29, 0.717) is 6.54 Å². The van der Waals surface area contributed by atoms with Crippen molar-refractivity contribution >= 4 is 22.0 Å². The molecule has 0 radical (unpaired) electrons. The van der Waals surface area contributed by atoms with Crippen molar-refractivity contribution in [3.8, 4) is 0 Å². The van der Waals surface area contributed by atoms with E-state index >= 15 is 0 Å². The van der Waals surface area contributed by atoms with Crippen molar-refractivity contribution in [1.82, 2.24) is 10.2 Å². The fourth-order valence-electron chi connectivity index (χ4n) is 1.21. The first kappa shape index (κ1) is 16.6. The minimum absolute atomic E-state index is 0.118. The zero-order valence-corrected chi connectivity index (χ0v) is 11.1. The Hall–Kier alpha value is -1.35. The van der Waals surface area contributed by atoms with Crippen LogP contribution in [0, 0.1) is 0 Å². The summed E-state index contributed by atoms with van der Waals surface area (Å²) in [5.41, 5.74) is 0. The van der Waals surface area contributed by atoms with Gasteiger partial charge in [0.1, 0.15) is 0 Å². The number of nitrogens with two attached hydrogens (primary N) is 1. The number of nitrogens with one attached hydrogen (secondary N) is 1. The van der Waals surface area contributed by atoms with Gasteiger partial charge in [-0.2, -0.15) is 0 Å². The molecule has 0 aromatic carbocycles. The molecule has 4 N–H and O–H groups in total. The number of carbonyl (C=O) groups excluding carboxylic acids is 1. The summed E-state index contributed by atoms with van der Waals surface area (Å²) < 4.78 is 21.3. The summed E-state index contributed by atoms with van der Waals surface area (Å²) in [6.45, 7) is 2.41. The van der Waals surface area contributed by atoms with Crippen LogP contribution in [0.1, 0.15) is 19.8 Å². The van der Waals surface area contributed by atoms with Crippen LogP contribution in [-0.4, -0.2) is 55.8 Å². The van der Waals surface area contributed by atoms with Crippen LogP contribution in [0.2, 0.25) is 0 Å². The van der Waals surface area contributed by atoms with Crippen molar-refractivity contribution < 1.29 is 23.1 Å². The first-order valence-corrected chi connectivity index (χ1v) is 7.23. The van der Waals surface area contributed by atoms with Crippen molar-refractivity contribution in [2.24, 2.45) is 5.14 Å². The quantitative estimate of drug-likeness (QED) is 0.500. The average Bonchev–Trinajstić information content (AvgIpc) is 2.23. The minimum Gasteiger partial charge on any atom is -0.481 e. The summed E-state index contributed by atoms with van der Waals surface area (Å²) in [6.07, 6.45) is 0.0967. The number of rotatable bonds is 8. The van der Waals surface area contributed by atoms with E-state index in [0.717, 1.165) is 0 Å². The molecule has 0 spiro atoms. The highest BCUT2D eigenvalue weighted by molar-refractivity contribution is 7.89. The molecule has 0 aliphatic carbocycles. The lowest BCUT2D eigenvalue weighted by Gasteiger charge is -2.20. The van der Waals surface area contributed by atoms with Gasteiger partial charge in [-0.25, -0.2) is 18.4 Å². The second kappa shape index (κ2) is 7.88. The Labute approximate surface area is 106 Å². The molecule has 0 unspecified atom stereocenters. The molecule has 18 heavy (non-hydrogen) atoms. The Morgan fingerprint density at radius 2 is 2.00 bits per heavy atom. The van der Waals surface area contributed by atoms with Crippen molar-refractivity contribution in [3.05, 3.63) is 0 Å². The number of hydrogen-bond donors (Lipinski definition) is 3. The number of amides is 2. The number of carbonyl (C=O) groups is 2. The van der Waals surface area contributed by atoms with Crippen LogP contribution in [0.25, 0.3) is 0 Å². The number of carboxylic acid groups (broad SMARTS) is 1. The molecule has 0 aromatic heterocycles. The van der Waals surface area contributed by atoms with E-state index in [1.54, 1.807) is 6.92 Å². The van der Waals surface area contributed by atoms with Gasteiger partial charge in [0, 0.05) is 19.6 Å². The van der Waals surface area contributed by atoms with Gasteiger partial charge < -0.3 is 15.3 Å². The lowest BCUT2D eigenvalue weighted by atomic mass is 10.4. The Kier molecular flexibility index (Phi) is 7.29. The number of primary sulfonamides is 1. The predicted molar refractivity (Wildman–Crippen MR) is 65.5 cm³/mol. The molecular weight excluding hydrogens is 262 g/mol. The van der Waals surface area contributed by atoms with E-state index in [1.807, 2.05) is 0 Å². The first-order valence-electron chi connectivity index (χ1n) is 5.51. The third-order valence-electron chi connectivity index (χ3n) is 2.15. The monoisotopic (exact) mass is 281 g/mol. The predicted octanol–water partition coefficient (Wildman–Crippen LogP) is -0.829. The highest BCUT2D eigenvalue weighted by Gasteiger charge is 2.12. The maximum Gasteiger partial charge on any atom is 0.317 e. The van der Waals surface area contributed by atoms with E-state index in [9.17, 15) is 18.0 Å². The largest absolute Gasteiger partial charge is 0.481 e. The van der Waals surface area contributed by atoms with Gasteiger partial charge in [0.25, 0.3) is 0 Å². The van der Waals surface area contributed by atoms with E-state index in [1.165, 1.54) is 4.90 Å². The molecule has 2 amide bonds. The lowest BCUT2D eigenvalue weighted by molar-refractivity contribution is -0.137. The summed E-state index contributed by atoms with van der Waals surface area (Å²) in [6, 6.07) is -0.409. The minimum atomic E-state index is -3.51. The smallest absolute Gasteiger partial charge is 0.317 e. The number of aliphatic carboxylic acids is 1. The summed E-state index contributed by atoms with van der Waals surface area (Å²) >= 11 is 0. The first-order chi connectivity index (χ1) is 8.26. The highest BCUT2D eigenvalue weighted by Crippen LogP contribution is 1.93. The molecule has 0 heterocycles. The maximum absolute atomic E-state index is 11.6. The Bertz CT molecular complexity index is 382. The fourth-order valence-corrected chi connectivity index (χ4v) is 1.76. The van der Waals surface area contributed by atoms with Crippen LogP contribution in [0.5, 0.6) is 0 Å². The number of hydrogen-bond acceptors (Lipinski definition) is 4. The van der Waals surface area contributed by atoms with Gasteiger partial charge in [-0.15, -0.1) is 0 Å². The van der Waals surface area contributed by atoms with Gasteiger partial charge in [0.2, 0.25) is 10.0 Å². The van der Waals surface area contributed by atoms with E-state index in [4.69, 9.17) is 10.2 Å². The van der Waals surface area contributed by atoms with Crippen LogP contribution >= 0.6 is 0 Å². The number of sulfonamides is 1. The normalized spacial score (nSPS) is 11.0. The summed E-state index contributed by atoms with van der Waals surface area (Å²) in [5, 5.41) is 15.8. The number of nitrogens with zero attached hydrogens (tertiary/aromatic N) is 1. The van der Waals surface area contributed by atoms with E-state index in [-0.39, 0.29) is 31.7 Å². The molecule has 0 rings (SSSR count). The van der Waals surface area contributed by atoms with Crippen LogP contribution in [-0.2, 0) is 14.8 Å². The van der Waals surface area contributed by atoms with Gasteiger partial charge >= 0.3 is 12.0 Å². The molecule has 0 aliphatic rings. The lowest BCUT2D eigenvalue weighted by Crippen LogP contribution is -2.41. The molecule has 0 bridgehead atoms. The molecule has 0 saturated carbocycles. The molecule has 0 aromatic rings. The van der Waals surface area contributed by atoms with Crippen LogP contribution in [0.4, 0.5) is 4.79 Å². The van der Waals surface area contributed by atoms with Crippen LogP contribution < -0.4 is 10.5 Å². The standard InChI is InChI=1S/C9H19N3O5S/c1-2-12(6-4-8(13)14)9(15)11-5-3-7-18(10,16)17/h2-7H2,1H3,(H,11,15)(H,13,14)(H2,10,16,17). The molecule has 0 atom stereocenters. The highest BCUT2D eigenvalue weighted by atomic mass is 32.2. The van der Waals surface area contributed by atoms with Gasteiger partial charge in [0.05, 0.1) is 12.2 Å². The van der Waals surface area contributed by atoms with Crippen molar-refractivity contribution in [2.75, 3.05) is 25.4 Å². The summed E-state index contributed by atoms with van der Waals surface area (Å²) in [7, 11) is -3.51. The van der Waals surface area contributed by atoms with Gasteiger partial charge in [0.15, 0.2) is 0 Å². The molecule has 8 nitrogen and oxygen atoms in total. The maximum atomic E-state index is 11.6. The molecule has 106 valence electrons. The third kappa shape index (κ3) is 8.76. The Morgan fingerprint density at radius 3 is 2.44 bits per heavy atom. The topological polar surface area (TPSA) is 130 Å². The van der Waals surface area contributed by atoms with Crippen molar-refractivity contribution in [1.29, 1.82) is 0 Å². The average molecular weight is 281 g/mol. The zero-order valence-electron chi connectivity index (χ0n) is 10.3. The third-order valence-corrected chi connectivity index (χ3v) is 3.00. The zero-order chi connectivity index (χ0) is 14.2. The number of urea groups is 1. The van der Waals surface area contributed by atoms with Crippen molar-refractivity contribution in [2.45, 2.75) is 19.8 Å². The summed E-state index contributed by atoms with van der Waals surface area (Å²) in [4.78, 5) is 23.3. The second-order valence-electron chi connectivity index (χ2n) is 3.68. The molecule has 0 aliphatic heterocycles. The van der Waals surface area contributed by atoms with Gasteiger partial charge in [-0.3, -0.25) is 4.79 Å².